The lowest BCUT2D eigenvalue weighted by Gasteiger charge is -1.88. The molecule has 0 aliphatic heterocycles. The number of hydrogen-bond acceptors (Lipinski definition) is 3. The van der Waals surface area contributed by atoms with Crippen molar-refractivity contribution >= 4 is 11.5 Å². The third-order valence-corrected chi connectivity index (χ3v) is 0.523. The zero-order valence-corrected chi connectivity index (χ0v) is 4.10. The Bertz CT molecular complexity index is 104. The van der Waals surface area contributed by atoms with Gasteiger partial charge in [-0.05, 0) is 6.92 Å². The lowest BCUT2D eigenvalue weighted by atomic mass is 10.4. The van der Waals surface area contributed by atoms with Crippen molar-refractivity contribution in [2.24, 2.45) is 16.7 Å². The van der Waals surface area contributed by atoms with Crippen molar-refractivity contribution < 1.29 is 0 Å². The summed E-state index contributed by atoms with van der Waals surface area (Å²) in [5.41, 5.74) is 5.21. The molecule has 0 aromatic rings. The van der Waals surface area contributed by atoms with E-state index >= 15 is 0 Å². The van der Waals surface area contributed by atoms with Gasteiger partial charge in [0.05, 0.1) is 5.71 Å². The van der Waals surface area contributed by atoms with Crippen molar-refractivity contribution in [3.05, 3.63) is 0 Å². The zero-order valence-electron chi connectivity index (χ0n) is 4.10. The Hall–Kier alpha value is -1.06. The highest BCUT2D eigenvalue weighted by Gasteiger charge is 1.88. The summed E-state index contributed by atoms with van der Waals surface area (Å²) < 4.78 is 0. The number of rotatable bonds is 1. The summed E-state index contributed by atoms with van der Waals surface area (Å²) in [4.78, 5) is 0. The van der Waals surface area contributed by atoms with Gasteiger partial charge in [0.1, 0.15) is 0 Å². The van der Waals surface area contributed by atoms with E-state index in [9.17, 15) is 0 Å². The van der Waals surface area contributed by atoms with Gasteiger partial charge >= 0.3 is 0 Å². The minimum Gasteiger partial charge on any atom is -0.381 e. The Labute approximate surface area is 41.7 Å². The quantitative estimate of drug-likeness (QED) is 0.175. The van der Waals surface area contributed by atoms with Crippen LogP contribution in [0.1, 0.15) is 6.92 Å². The van der Waals surface area contributed by atoms with Gasteiger partial charge in [0.2, 0.25) is 0 Å². The monoisotopic (exact) mass is 100 g/mol. The van der Waals surface area contributed by atoms with Crippen molar-refractivity contribution in [1.82, 2.24) is 0 Å². The van der Waals surface area contributed by atoms with E-state index in [1.807, 2.05) is 0 Å². The SMILES string of the molecule is CC(=N)C(N)=NN. The molecule has 40 valence electrons. The Morgan fingerprint density at radius 1 is 1.71 bits per heavy atom. The van der Waals surface area contributed by atoms with E-state index in [2.05, 4.69) is 5.10 Å². The van der Waals surface area contributed by atoms with Crippen molar-refractivity contribution in [3.8, 4) is 0 Å². The van der Waals surface area contributed by atoms with E-state index in [4.69, 9.17) is 17.0 Å². The van der Waals surface area contributed by atoms with Crippen LogP contribution in [0.4, 0.5) is 0 Å². The molecular formula is C3H8N4. The number of nitrogens with zero attached hydrogens (tertiary/aromatic N) is 1. The Morgan fingerprint density at radius 3 is 2.14 bits per heavy atom. The maximum Gasteiger partial charge on any atom is 0.163 e. The summed E-state index contributed by atoms with van der Waals surface area (Å²) in [5, 5.41) is 9.82. The van der Waals surface area contributed by atoms with Gasteiger partial charge in [0, 0.05) is 0 Å². The number of hydrogen-bond donors (Lipinski definition) is 3. The van der Waals surface area contributed by atoms with Crippen molar-refractivity contribution in [3.63, 3.8) is 0 Å². The lowest BCUT2D eigenvalue weighted by Crippen LogP contribution is -2.21. The molecule has 0 aliphatic carbocycles. The van der Waals surface area contributed by atoms with Crippen LogP contribution in [-0.2, 0) is 0 Å². The summed E-state index contributed by atoms with van der Waals surface area (Å²) in [5.74, 6) is 4.78. The third kappa shape index (κ3) is 1.75. The van der Waals surface area contributed by atoms with Crippen LogP contribution in [0.15, 0.2) is 5.10 Å². The molecule has 0 rings (SSSR count). The summed E-state index contributed by atoms with van der Waals surface area (Å²) in [7, 11) is 0. The van der Waals surface area contributed by atoms with E-state index in [1.54, 1.807) is 0 Å². The van der Waals surface area contributed by atoms with Crippen molar-refractivity contribution in [1.29, 1.82) is 5.41 Å². The van der Waals surface area contributed by atoms with Crippen LogP contribution in [0, 0.1) is 5.41 Å². The molecule has 0 saturated carbocycles. The summed E-state index contributed by atoms with van der Waals surface area (Å²) >= 11 is 0. The molecule has 0 aromatic carbocycles. The van der Waals surface area contributed by atoms with E-state index in [0.717, 1.165) is 0 Å². The zero-order chi connectivity index (χ0) is 5.86. The van der Waals surface area contributed by atoms with Gasteiger partial charge in [0.25, 0.3) is 0 Å². The van der Waals surface area contributed by atoms with Crippen LogP contribution in [0.5, 0.6) is 0 Å². The van der Waals surface area contributed by atoms with Gasteiger partial charge in [-0.2, -0.15) is 5.10 Å². The van der Waals surface area contributed by atoms with Crippen LogP contribution in [0.25, 0.3) is 0 Å². The summed E-state index contributed by atoms with van der Waals surface area (Å²) in [6.45, 7) is 1.52. The molecule has 0 unspecified atom stereocenters. The molecule has 0 spiro atoms. The minimum absolute atomic E-state index is 0.0833. The Balaban J connectivity index is 3.82. The van der Waals surface area contributed by atoms with Gasteiger partial charge in [-0.1, -0.05) is 0 Å². The van der Waals surface area contributed by atoms with Crippen molar-refractivity contribution in [2.45, 2.75) is 6.92 Å². The number of amidine groups is 1. The standard InChI is InChI=1S/C3H8N4/c1-2(4)3(5)7-6/h4H,6H2,1H3,(H2,5,7). The maximum atomic E-state index is 6.76. The molecule has 4 heteroatoms. The second-order valence-corrected chi connectivity index (χ2v) is 1.14. The molecule has 0 saturated heterocycles. The first kappa shape index (κ1) is 5.94. The van der Waals surface area contributed by atoms with Crippen LogP contribution >= 0.6 is 0 Å². The van der Waals surface area contributed by atoms with Gasteiger partial charge in [-0.15, -0.1) is 0 Å². The second kappa shape index (κ2) is 2.17. The molecule has 0 radical (unpaired) electrons. The van der Waals surface area contributed by atoms with Gasteiger partial charge in [-0.25, -0.2) is 0 Å². The predicted molar refractivity (Wildman–Crippen MR) is 29.2 cm³/mol. The van der Waals surface area contributed by atoms with E-state index < -0.39 is 0 Å². The highest BCUT2D eigenvalue weighted by molar-refractivity contribution is 6.38. The molecular weight excluding hydrogens is 92.1 g/mol. The van der Waals surface area contributed by atoms with Gasteiger partial charge < -0.3 is 17.0 Å². The molecule has 0 bridgehead atoms. The fourth-order valence-electron chi connectivity index (χ4n) is 0.0968. The fraction of sp³-hybridized carbons (Fsp3) is 0.333. The first-order valence-corrected chi connectivity index (χ1v) is 1.77. The Morgan fingerprint density at radius 2 is 2.14 bits per heavy atom. The minimum atomic E-state index is 0.0833. The lowest BCUT2D eigenvalue weighted by molar-refractivity contribution is 1.24. The smallest absolute Gasteiger partial charge is 0.163 e. The van der Waals surface area contributed by atoms with Crippen LogP contribution < -0.4 is 11.6 Å². The second-order valence-electron chi connectivity index (χ2n) is 1.14. The largest absolute Gasteiger partial charge is 0.381 e. The average molecular weight is 100 g/mol. The van der Waals surface area contributed by atoms with Gasteiger partial charge in [0.15, 0.2) is 5.84 Å². The van der Waals surface area contributed by atoms with E-state index in [0.29, 0.717) is 0 Å². The third-order valence-electron chi connectivity index (χ3n) is 0.523. The highest BCUT2D eigenvalue weighted by Crippen LogP contribution is 1.64. The molecule has 0 fully saturated rings. The van der Waals surface area contributed by atoms with E-state index in [-0.39, 0.29) is 11.5 Å². The average Bonchev–Trinajstić information content (AvgIpc) is 1.65. The van der Waals surface area contributed by atoms with Crippen LogP contribution in [-0.4, -0.2) is 11.5 Å². The number of nitrogens with one attached hydrogen (secondary N) is 1. The molecule has 0 atom stereocenters. The normalized spacial score (nSPS) is 11.3. The highest BCUT2D eigenvalue weighted by atomic mass is 15.2. The van der Waals surface area contributed by atoms with Crippen molar-refractivity contribution in [2.75, 3.05) is 0 Å². The summed E-state index contributed by atoms with van der Waals surface area (Å²) in [6, 6.07) is 0. The number of hydrazone groups is 1. The molecule has 5 N–H and O–H groups in total. The molecule has 0 amide bonds. The molecule has 0 aromatic heterocycles. The Kier molecular flexibility index (Phi) is 1.84. The topological polar surface area (TPSA) is 88.2 Å². The first-order valence-electron chi connectivity index (χ1n) is 1.77. The molecule has 7 heavy (non-hydrogen) atoms. The van der Waals surface area contributed by atoms with Gasteiger partial charge in [-0.3, -0.25) is 0 Å². The fourth-order valence-corrected chi connectivity index (χ4v) is 0.0968. The molecule has 4 nitrogen and oxygen atoms in total. The summed E-state index contributed by atoms with van der Waals surface area (Å²) in [6.07, 6.45) is 0. The number of nitrogens with two attached hydrogens (primary N) is 2. The molecule has 0 heterocycles. The maximum absolute atomic E-state index is 6.76. The molecule has 0 aliphatic rings. The predicted octanol–water partition coefficient (Wildman–Crippen LogP) is -0.743. The van der Waals surface area contributed by atoms with Crippen LogP contribution in [0.2, 0.25) is 0 Å². The van der Waals surface area contributed by atoms with E-state index in [1.165, 1.54) is 6.92 Å². The first-order chi connectivity index (χ1) is 3.18. The van der Waals surface area contributed by atoms with Crippen LogP contribution in [0.3, 0.4) is 0 Å².